The molecular weight excluding hydrogens is 206 g/mol. The van der Waals surface area contributed by atoms with Crippen molar-refractivity contribution in [1.29, 1.82) is 0 Å². The molecule has 0 aromatic rings. The van der Waals surface area contributed by atoms with Crippen LogP contribution in [0.4, 0.5) is 0 Å². The van der Waals surface area contributed by atoms with Crippen molar-refractivity contribution in [3.63, 3.8) is 0 Å². The number of carboxylic acid groups (broad SMARTS) is 1. The van der Waals surface area contributed by atoms with Crippen LogP contribution in [-0.2, 0) is 4.79 Å². The summed E-state index contributed by atoms with van der Waals surface area (Å²) in [5.74, 6) is -1.07. The van der Waals surface area contributed by atoms with E-state index in [0.717, 1.165) is 0 Å². The molecule has 0 aromatic carbocycles. The van der Waals surface area contributed by atoms with E-state index in [2.05, 4.69) is 0 Å². The topological polar surface area (TPSA) is 104 Å². The van der Waals surface area contributed by atoms with Crippen LogP contribution in [0.1, 0.15) is 6.42 Å². The number of nitrogens with two attached hydrogens (primary N) is 1. The number of rotatable bonds is 3. The van der Waals surface area contributed by atoms with Crippen LogP contribution in [0.25, 0.3) is 0 Å². The Hall–Kier alpha value is -0.170. The summed E-state index contributed by atoms with van der Waals surface area (Å²) in [4.78, 5) is 9.85. The minimum atomic E-state index is -1.07. The molecule has 0 rings (SSSR count). The van der Waals surface area contributed by atoms with Crippen molar-refractivity contribution >= 4 is 22.2 Å². The van der Waals surface area contributed by atoms with Gasteiger partial charge in [-0.05, 0) is 6.42 Å². The van der Waals surface area contributed by atoms with Gasteiger partial charge < -0.3 is 20.1 Å². The fourth-order valence-electron chi connectivity index (χ4n) is 0.263. The van der Waals surface area contributed by atoms with Crippen molar-refractivity contribution in [2.45, 2.75) is 12.5 Å². The van der Waals surface area contributed by atoms with Gasteiger partial charge in [-0.2, -0.15) is 0 Å². The molecule has 5 N–H and O–H groups in total. The van der Waals surface area contributed by atoms with E-state index in [1.165, 1.54) is 0 Å². The lowest BCUT2D eigenvalue weighted by Crippen LogP contribution is -2.30. The van der Waals surface area contributed by atoms with Gasteiger partial charge in [0.25, 0.3) is 0 Å². The first-order valence-electron chi connectivity index (χ1n) is 2.44. The molecule has 0 bridgehead atoms. The molecule has 5 nitrogen and oxygen atoms in total. The highest BCUT2D eigenvalue weighted by atomic mass is 79.9. The molecule has 62 valence electrons. The normalized spacial score (nSPS) is 11.2. The summed E-state index contributed by atoms with van der Waals surface area (Å²) >= 11 is 1.94. The predicted molar refractivity (Wildman–Crippen MR) is 38.5 cm³/mol. The highest BCUT2D eigenvalue weighted by Crippen LogP contribution is 1.83. The minimum absolute atomic E-state index is 0.120. The second kappa shape index (κ2) is 8.83. The number of aliphatic hydroxyl groups is 1. The van der Waals surface area contributed by atoms with Gasteiger partial charge in [-0.25, -0.2) is 0 Å². The SMILES string of the molecule is N[C@@H](CCO)C(=O)O.OBr. The van der Waals surface area contributed by atoms with Crippen LogP contribution >= 0.6 is 16.3 Å². The van der Waals surface area contributed by atoms with Gasteiger partial charge in [0.15, 0.2) is 0 Å². The molecule has 1 atom stereocenters. The van der Waals surface area contributed by atoms with Crippen molar-refractivity contribution < 1.29 is 19.2 Å². The van der Waals surface area contributed by atoms with Gasteiger partial charge in [0.1, 0.15) is 6.04 Å². The highest BCUT2D eigenvalue weighted by Gasteiger charge is 2.08. The average Bonchev–Trinajstić information content (AvgIpc) is 1.93. The van der Waals surface area contributed by atoms with E-state index >= 15 is 0 Å². The largest absolute Gasteiger partial charge is 0.480 e. The van der Waals surface area contributed by atoms with E-state index in [-0.39, 0.29) is 13.0 Å². The smallest absolute Gasteiger partial charge is 0.320 e. The molecule has 0 fully saturated rings. The first-order valence-corrected chi connectivity index (χ1v) is 3.15. The lowest BCUT2D eigenvalue weighted by Gasteiger charge is -2.00. The zero-order valence-electron chi connectivity index (χ0n) is 5.20. The molecule has 0 heterocycles. The molecule has 0 saturated heterocycles. The predicted octanol–water partition coefficient (Wildman–Crippen LogP) is -0.931. The summed E-state index contributed by atoms with van der Waals surface area (Å²) in [6, 6.07) is -0.917. The summed E-state index contributed by atoms with van der Waals surface area (Å²) in [6.45, 7) is -0.173. The van der Waals surface area contributed by atoms with Crippen LogP contribution < -0.4 is 5.73 Å². The number of hydrogen-bond donors (Lipinski definition) is 4. The molecule has 0 radical (unpaired) electrons. The number of aliphatic carboxylic acids is 1. The molecule has 0 amide bonds. The molecule has 0 aliphatic carbocycles. The summed E-state index contributed by atoms with van der Waals surface area (Å²) < 4.78 is 6.81. The molecule has 0 saturated carbocycles. The third-order valence-electron chi connectivity index (χ3n) is 0.757. The molecule has 0 spiro atoms. The summed E-state index contributed by atoms with van der Waals surface area (Å²) in [5, 5.41) is 16.2. The molecule has 10 heavy (non-hydrogen) atoms. The monoisotopic (exact) mass is 215 g/mol. The van der Waals surface area contributed by atoms with Crippen molar-refractivity contribution in [2.75, 3.05) is 6.61 Å². The Morgan fingerprint density at radius 1 is 1.60 bits per heavy atom. The van der Waals surface area contributed by atoms with E-state index in [1.807, 2.05) is 16.3 Å². The summed E-state index contributed by atoms with van der Waals surface area (Å²) in [6.07, 6.45) is 0.120. The Bertz CT molecular complexity index is 89.3. The Balaban J connectivity index is 0. The molecule has 0 aliphatic heterocycles. The fourth-order valence-corrected chi connectivity index (χ4v) is 0.263. The van der Waals surface area contributed by atoms with Gasteiger partial charge >= 0.3 is 5.97 Å². The number of carbonyl (C=O) groups is 1. The van der Waals surface area contributed by atoms with Gasteiger partial charge in [-0.15, -0.1) is 0 Å². The third-order valence-corrected chi connectivity index (χ3v) is 0.757. The summed E-state index contributed by atoms with van der Waals surface area (Å²) in [5.41, 5.74) is 4.97. The lowest BCUT2D eigenvalue weighted by molar-refractivity contribution is -0.138. The maximum atomic E-state index is 9.85. The molecule has 0 unspecified atom stereocenters. The van der Waals surface area contributed by atoms with Crippen LogP contribution in [0.2, 0.25) is 0 Å². The van der Waals surface area contributed by atoms with Gasteiger partial charge in [0.2, 0.25) is 0 Å². The van der Waals surface area contributed by atoms with Crippen molar-refractivity contribution in [3.05, 3.63) is 0 Å². The van der Waals surface area contributed by atoms with Crippen LogP contribution in [-0.4, -0.2) is 33.0 Å². The van der Waals surface area contributed by atoms with E-state index in [1.54, 1.807) is 0 Å². The maximum absolute atomic E-state index is 9.85. The van der Waals surface area contributed by atoms with Crippen LogP contribution in [0.5, 0.6) is 0 Å². The molecular formula is C4H10BrNO4. The lowest BCUT2D eigenvalue weighted by atomic mass is 10.2. The van der Waals surface area contributed by atoms with Gasteiger partial charge in [-0.3, -0.25) is 4.79 Å². The van der Waals surface area contributed by atoms with Gasteiger partial charge in [0.05, 0.1) is 16.3 Å². The van der Waals surface area contributed by atoms with Gasteiger partial charge in [0, 0.05) is 6.61 Å². The number of hydrogen-bond acceptors (Lipinski definition) is 4. The number of aliphatic hydroxyl groups excluding tert-OH is 1. The Kier molecular flexibility index (Phi) is 11.0. The third kappa shape index (κ3) is 7.83. The van der Waals surface area contributed by atoms with Crippen molar-refractivity contribution in [3.8, 4) is 0 Å². The Morgan fingerprint density at radius 3 is 2.10 bits per heavy atom. The summed E-state index contributed by atoms with van der Waals surface area (Å²) in [7, 11) is 0. The highest BCUT2D eigenvalue weighted by molar-refractivity contribution is 9.05. The van der Waals surface area contributed by atoms with E-state index < -0.39 is 12.0 Å². The molecule has 0 aromatic heterocycles. The minimum Gasteiger partial charge on any atom is -0.480 e. The van der Waals surface area contributed by atoms with Crippen molar-refractivity contribution in [1.82, 2.24) is 0 Å². The maximum Gasteiger partial charge on any atom is 0.320 e. The first kappa shape index (κ1) is 12.5. The second-order valence-electron chi connectivity index (χ2n) is 1.46. The fraction of sp³-hybridized carbons (Fsp3) is 0.750. The van der Waals surface area contributed by atoms with Crippen LogP contribution in [0.15, 0.2) is 0 Å². The van der Waals surface area contributed by atoms with Gasteiger partial charge in [-0.1, -0.05) is 0 Å². The average molecular weight is 216 g/mol. The zero-order valence-corrected chi connectivity index (χ0v) is 6.78. The zero-order chi connectivity index (χ0) is 8.57. The number of carboxylic acids is 1. The van der Waals surface area contributed by atoms with E-state index in [4.69, 9.17) is 20.1 Å². The first-order chi connectivity index (χ1) is 4.68. The molecule has 0 aliphatic rings. The quantitative estimate of drug-likeness (QED) is 0.487. The second-order valence-corrected chi connectivity index (χ2v) is 1.46. The van der Waals surface area contributed by atoms with E-state index in [9.17, 15) is 4.79 Å². The van der Waals surface area contributed by atoms with E-state index in [0.29, 0.717) is 0 Å². The molecule has 6 heteroatoms. The standard InChI is InChI=1S/C4H9NO3.BrHO/c5-3(1-2-6)4(7)8;1-2/h3,6H,1-2,5H2,(H,7,8);2H/t3-;/m0./s1. The number of halogens is 1. The Labute approximate surface area is 66.9 Å². The Morgan fingerprint density at radius 2 is 2.00 bits per heavy atom. The van der Waals surface area contributed by atoms with Crippen LogP contribution in [0.3, 0.4) is 0 Å². The van der Waals surface area contributed by atoms with Crippen LogP contribution in [0, 0.1) is 0 Å². The van der Waals surface area contributed by atoms with Crippen molar-refractivity contribution in [2.24, 2.45) is 5.73 Å².